The number of thiophene rings is 1. The number of rotatable bonds is 4. The Labute approximate surface area is 104 Å². The molecule has 3 N–H and O–H groups in total. The Kier molecular flexibility index (Phi) is 3.77. The van der Waals surface area contributed by atoms with Gasteiger partial charge in [-0.3, -0.25) is 4.79 Å². The highest BCUT2D eigenvalue weighted by Crippen LogP contribution is 2.07. The summed E-state index contributed by atoms with van der Waals surface area (Å²) < 4.78 is 0. The molecule has 4 heteroatoms. The zero-order chi connectivity index (χ0) is 12.1. The van der Waals surface area contributed by atoms with E-state index in [2.05, 4.69) is 16.8 Å². The lowest BCUT2D eigenvalue weighted by Gasteiger charge is -2.04. The predicted octanol–water partition coefficient (Wildman–Crippen LogP) is 2.30. The minimum atomic E-state index is -0.0553. The second-order valence-corrected chi connectivity index (χ2v) is 4.54. The van der Waals surface area contributed by atoms with Crippen LogP contribution in [-0.2, 0) is 6.42 Å². The topological polar surface area (TPSA) is 55.1 Å². The summed E-state index contributed by atoms with van der Waals surface area (Å²) >= 11 is 1.67. The fourth-order valence-corrected chi connectivity index (χ4v) is 2.19. The van der Waals surface area contributed by atoms with Gasteiger partial charge < -0.3 is 11.1 Å². The van der Waals surface area contributed by atoms with Gasteiger partial charge in [-0.05, 0) is 53.1 Å². The molecule has 1 amide bonds. The standard InChI is InChI=1S/C13H14N2OS/c14-12-3-1-11(2-4-12)13(16)15-7-5-10-6-8-17-9-10/h1-4,6,8-9H,5,7,14H2,(H,15,16). The van der Waals surface area contributed by atoms with Crippen molar-refractivity contribution < 1.29 is 4.79 Å². The molecule has 0 bridgehead atoms. The van der Waals surface area contributed by atoms with Gasteiger partial charge in [0.05, 0.1) is 0 Å². The molecule has 2 aromatic rings. The van der Waals surface area contributed by atoms with Crippen LogP contribution in [0, 0.1) is 0 Å². The molecule has 0 spiro atoms. The molecule has 2 rings (SSSR count). The number of carbonyl (C=O) groups is 1. The van der Waals surface area contributed by atoms with Crippen molar-refractivity contribution in [2.75, 3.05) is 12.3 Å². The number of hydrogen-bond acceptors (Lipinski definition) is 3. The third kappa shape index (κ3) is 3.32. The van der Waals surface area contributed by atoms with E-state index in [0.29, 0.717) is 17.8 Å². The molecule has 0 saturated heterocycles. The van der Waals surface area contributed by atoms with Gasteiger partial charge in [-0.1, -0.05) is 0 Å². The SMILES string of the molecule is Nc1ccc(C(=O)NCCc2ccsc2)cc1. The second-order valence-electron chi connectivity index (χ2n) is 3.76. The third-order valence-corrected chi connectivity index (χ3v) is 3.18. The molecule has 0 atom stereocenters. The van der Waals surface area contributed by atoms with Crippen molar-refractivity contribution in [2.45, 2.75) is 6.42 Å². The fourth-order valence-electron chi connectivity index (χ4n) is 1.49. The quantitative estimate of drug-likeness (QED) is 0.813. The number of nitrogens with one attached hydrogen (secondary N) is 1. The monoisotopic (exact) mass is 246 g/mol. The molecule has 0 unspecified atom stereocenters. The average Bonchev–Trinajstić information content (AvgIpc) is 2.83. The maximum atomic E-state index is 11.7. The van der Waals surface area contributed by atoms with Gasteiger partial charge >= 0.3 is 0 Å². The summed E-state index contributed by atoms with van der Waals surface area (Å²) in [5.41, 5.74) is 8.13. The Balaban J connectivity index is 1.83. The largest absolute Gasteiger partial charge is 0.399 e. The molecule has 0 fully saturated rings. The van der Waals surface area contributed by atoms with Crippen LogP contribution in [0.3, 0.4) is 0 Å². The van der Waals surface area contributed by atoms with Crippen molar-refractivity contribution in [1.29, 1.82) is 0 Å². The van der Waals surface area contributed by atoms with E-state index in [4.69, 9.17) is 5.73 Å². The van der Waals surface area contributed by atoms with Crippen LogP contribution in [0.15, 0.2) is 41.1 Å². The Morgan fingerprint density at radius 2 is 2.00 bits per heavy atom. The molecule has 0 aliphatic heterocycles. The minimum absolute atomic E-state index is 0.0553. The molecule has 0 aliphatic carbocycles. The summed E-state index contributed by atoms with van der Waals surface area (Å²) in [6.07, 6.45) is 0.865. The molecule has 1 heterocycles. The van der Waals surface area contributed by atoms with Gasteiger partial charge in [0, 0.05) is 17.8 Å². The third-order valence-electron chi connectivity index (χ3n) is 2.45. The van der Waals surface area contributed by atoms with Crippen molar-refractivity contribution in [1.82, 2.24) is 5.32 Å². The van der Waals surface area contributed by atoms with Crippen LogP contribution in [0.1, 0.15) is 15.9 Å². The summed E-state index contributed by atoms with van der Waals surface area (Å²) in [5.74, 6) is -0.0553. The molecule has 1 aromatic carbocycles. The Morgan fingerprint density at radius 1 is 1.24 bits per heavy atom. The van der Waals surface area contributed by atoms with E-state index in [1.807, 2.05) is 5.38 Å². The molecule has 1 aromatic heterocycles. The van der Waals surface area contributed by atoms with Crippen LogP contribution in [0.25, 0.3) is 0 Å². The highest BCUT2D eigenvalue weighted by molar-refractivity contribution is 7.07. The molecule has 0 saturated carbocycles. The van der Waals surface area contributed by atoms with Crippen LogP contribution < -0.4 is 11.1 Å². The maximum absolute atomic E-state index is 11.7. The molecule has 0 aliphatic rings. The van der Waals surface area contributed by atoms with Crippen molar-refractivity contribution in [3.05, 3.63) is 52.2 Å². The number of amides is 1. The highest BCUT2D eigenvalue weighted by atomic mass is 32.1. The van der Waals surface area contributed by atoms with Gasteiger partial charge in [0.15, 0.2) is 0 Å². The van der Waals surface area contributed by atoms with Gasteiger partial charge in [0.2, 0.25) is 0 Å². The summed E-state index contributed by atoms with van der Waals surface area (Å²) in [5, 5.41) is 7.01. The van der Waals surface area contributed by atoms with Crippen molar-refractivity contribution in [3.63, 3.8) is 0 Å². The number of anilines is 1. The van der Waals surface area contributed by atoms with Crippen LogP contribution in [0.4, 0.5) is 5.69 Å². The summed E-state index contributed by atoms with van der Waals surface area (Å²) in [7, 11) is 0. The Bertz CT molecular complexity index is 477. The van der Waals surface area contributed by atoms with E-state index in [9.17, 15) is 4.79 Å². The predicted molar refractivity (Wildman–Crippen MR) is 71.2 cm³/mol. The first kappa shape index (κ1) is 11.7. The van der Waals surface area contributed by atoms with Crippen LogP contribution in [-0.4, -0.2) is 12.5 Å². The van der Waals surface area contributed by atoms with Gasteiger partial charge in [-0.2, -0.15) is 11.3 Å². The number of nitrogen functional groups attached to an aromatic ring is 1. The molecule has 0 radical (unpaired) electrons. The van der Waals surface area contributed by atoms with E-state index < -0.39 is 0 Å². The number of nitrogens with two attached hydrogens (primary N) is 1. The molecule has 3 nitrogen and oxygen atoms in total. The number of hydrogen-bond donors (Lipinski definition) is 2. The molecular formula is C13H14N2OS. The fraction of sp³-hybridized carbons (Fsp3) is 0.154. The normalized spacial score (nSPS) is 10.1. The van der Waals surface area contributed by atoms with Gasteiger partial charge in [-0.25, -0.2) is 0 Å². The first-order chi connectivity index (χ1) is 8.25. The van der Waals surface area contributed by atoms with E-state index in [0.717, 1.165) is 6.42 Å². The van der Waals surface area contributed by atoms with Crippen LogP contribution in [0.2, 0.25) is 0 Å². The van der Waals surface area contributed by atoms with E-state index in [-0.39, 0.29) is 5.91 Å². The smallest absolute Gasteiger partial charge is 0.251 e. The number of benzene rings is 1. The van der Waals surface area contributed by atoms with Crippen molar-refractivity contribution >= 4 is 22.9 Å². The van der Waals surface area contributed by atoms with Gasteiger partial charge in [0.1, 0.15) is 0 Å². The summed E-state index contributed by atoms with van der Waals surface area (Å²) in [6.45, 7) is 0.653. The van der Waals surface area contributed by atoms with Crippen LogP contribution in [0.5, 0.6) is 0 Å². The molecular weight excluding hydrogens is 232 g/mol. The van der Waals surface area contributed by atoms with Crippen LogP contribution >= 0.6 is 11.3 Å². The first-order valence-electron chi connectivity index (χ1n) is 5.40. The lowest BCUT2D eigenvalue weighted by Crippen LogP contribution is -2.25. The lowest BCUT2D eigenvalue weighted by atomic mass is 10.2. The minimum Gasteiger partial charge on any atom is -0.399 e. The van der Waals surface area contributed by atoms with E-state index in [1.165, 1.54) is 5.56 Å². The van der Waals surface area contributed by atoms with E-state index >= 15 is 0 Å². The second kappa shape index (κ2) is 5.50. The van der Waals surface area contributed by atoms with Gasteiger partial charge in [-0.15, -0.1) is 0 Å². The molecule has 88 valence electrons. The maximum Gasteiger partial charge on any atom is 0.251 e. The summed E-state index contributed by atoms with van der Waals surface area (Å²) in [4.78, 5) is 11.7. The molecule has 17 heavy (non-hydrogen) atoms. The zero-order valence-electron chi connectivity index (χ0n) is 9.35. The Hall–Kier alpha value is -1.81. The highest BCUT2D eigenvalue weighted by Gasteiger charge is 2.03. The van der Waals surface area contributed by atoms with E-state index in [1.54, 1.807) is 35.6 Å². The average molecular weight is 246 g/mol. The summed E-state index contributed by atoms with van der Waals surface area (Å²) in [6, 6.07) is 8.99. The first-order valence-corrected chi connectivity index (χ1v) is 6.35. The Morgan fingerprint density at radius 3 is 2.65 bits per heavy atom. The van der Waals surface area contributed by atoms with Crippen molar-refractivity contribution in [2.24, 2.45) is 0 Å². The number of carbonyl (C=O) groups excluding carboxylic acids is 1. The lowest BCUT2D eigenvalue weighted by molar-refractivity contribution is 0.0954. The van der Waals surface area contributed by atoms with Crippen molar-refractivity contribution in [3.8, 4) is 0 Å². The zero-order valence-corrected chi connectivity index (χ0v) is 10.2. The van der Waals surface area contributed by atoms with Gasteiger partial charge in [0.25, 0.3) is 5.91 Å².